The van der Waals surface area contributed by atoms with E-state index in [2.05, 4.69) is 161 Å². The monoisotopic (exact) mass is 572 g/mol. The van der Waals surface area contributed by atoms with Gasteiger partial charge in [-0.2, -0.15) is 0 Å². The van der Waals surface area contributed by atoms with Crippen molar-refractivity contribution in [2.24, 2.45) is 0 Å². The van der Waals surface area contributed by atoms with Gasteiger partial charge in [0, 0.05) is 28.2 Å². The molecule has 0 radical (unpaired) electrons. The number of pyridine rings is 1. The molecule has 2 heterocycles. The van der Waals surface area contributed by atoms with Crippen LogP contribution in [0.3, 0.4) is 0 Å². The Bertz CT molecular complexity index is 2510. The lowest BCUT2D eigenvalue weighted by Crippen LogP contribution is -1.94. The van der Waals surface area contributed by atoms with Gasteiger partial charge in [0.15, 0.2) is 0 Å². The summed E-state index contributed by atoms with van der Waals surface area (Å²) in [6.45, 7) is 0. The van der Waals surface area contributed by atoms with Crippen molar-refractivity contribution in [3.8, 4) is 39.2 Å². The number of aromatic nitrogens is 2. The van der Waals surface area contributed by atoms with Crippen LogP contribution in [0.25, 0.3) is 82.5 Å². The molecule has 0 saturated heterocycles. The van der Waals surface area contributed by atoms with Crippen molar-refractivity contribution in [1.29, 1.82) is 0 Å². The molecule has 0 aliphatic heterocycles. The molecular weight excluding hydrogens is 544 g/mol. The molecule has 2 nitrogen and oxygen atoms in total. The highest BCUT2D eigenvalue weighted by atomic mass is 15.0. The predicted molar refractivity (Wildman–Crippen MR) is 190 cm³/mol. The van der Waals surface area contributed by atoms with Gasteiger partial charge >= 0.3 is 0 Å². The summed E-state index contributed by atoms with van der Waals surface area (Å²) < 4.78 is 2.44. The summed E-state index contributed by atoms with van der Waals surface area (Å²) in [5.74, 6) is 0. The molecule has 0 aliphatic rings. The Morgan fingerprint density at radius 2 is 1.07 bits per heavy atom. The van der Waals surface area contributed by atoms with Gasteiger partial charge in [-0.3, -0.25) is 4.98 Å². The van der Waals surface area contributed by atoms with E-state index >= 15 is 0 Å². The normalized spacial score (nSPS) is 11.6. The molecule has 0 spiro atoms. The van der Waals surface area contributed by atoms with Gasteiger partial charge in [0.25, 0.3) is 0 Å². The minimum atomic E-state index is 0.982. The lowest BCUT2D eigenvalue weighted by atomic mass is 9.93. The van der Waals surface area contributed by atoms with Crippen LogP contribution >= 0.6 is 0 Å². The van der Waals surface area contributed by atoms with Gasteiger partial charge in [0.2, 0.25) is 0 Å². The van der Waals surface area contributed by atoms with E-state index in [1.165, 1.54) is 65.6 Å². The molecule has 7 aromatic carbocycles. The second-order valence-electron chi connectivity index (χ2n) is 11.6. The van der Waals surface area contributed by atoms with E-state index in [-0.39, 0.29) is 0 Å². The van der Waals surface area contributed by atoms with Crippen molar-refractivity contribution in [3.05, 3.63) is 170 Å². The number of benzene rings is 7. The number of hydrogen-bond acceptors (Lipinski definition) is 1. The van der Waals surface area contributed by atoms with E-state index < -0.39 is 0 Å². The van der Waals surface area contributed by atoms with Crippen LogP contribution in [-0.2, 0) is 0 Å². The maximum absolute atomic E-state index is 4.55. The summed E-state index contributed by atoms with van der Waals surface area (Å²) in [6, 6.07) is 59.1. The van der Waals surface area contributed by atoms with E-state index in [4.69, 9.17) is 0 Å². The van der Waals surface area contributed by atoms with E-state index in [9.17, 15) is 0 Å². The maximum atomic E-state index is 4.55. The molecule has 2 heteroatoms. The van der Waals surface area contributed by atoms with Crippen molar-refractivity contribution in [3.63, 3.8) is 0 Å². The standard InChI is InChI=1S/C43H28N2/c1-2-12-35(13-3-1)45-41-27-34(33-22-17-29-10-4-5-11-32(29)26-33)23-24-38(41)43-37-15-7-6-14-36(37)39(28-42(43)45)30-18-20-31(21-19-30)40-16-8-9-25-44-40/h1-28H. The molecule has 9 aromatic rings. The molecule has 0 amide bonds. The summed E-state index contributed by atoms with van der Waals surface area (Å²) in [4.78, 5) is 4.55. The topological polar surface area (TPSA) is 17.8 Å². The highest BCUT2D eigenvalue weighted by Crippen LogP contribution is 2.42. The number of hydrogen-bond donors (Lipinski definition) is 0. The Labute approximate surface area is 261 Å². The van der Waals surface area contributed by atoms with Crippen LogP contribution in [-0.4, -0.2) is 9.55 Å². The van der Waals surface area contributed by atoms with Gasteiger partial charge in [-0.15, -0.1) is 0 Å². The highest BCUT2D eigenvalue weighted by molar-refractivity contribution is 6.24. The average Bonchev–Trinajstić information content (AvgIpc) is 3.45. The van der Waals surface area contributed by atoms with E-state index in [0.717, 1.165) is 16.9 Å². The molecule has 0 fully saturated rings. The molecule has 210 valence electrons. The van der Waals surface area contributed by atoms with E-state index in [1.54, 1.807) is 0 Å². The first-order valence-corrected chi connectivity index (χ1v) is 15.4. The Morgan fingerprint density at radius 3 is 1.89 bits per heavy atom. The van der Waals surface area contributed by atoms with E-state index in [1.807, 2.05) is 18.3 Å². The third-order valence-electron chi connectivity index (χ3n) is 9.03. The Hall–Kier alpha value is -5.99. The van der Waals surface area contributed by atoms with Crippen molar-refractivity contribution in [2.75, 3.05) is 0 Å². The molecule has 45 heavy (non-hydrogen) atoms. The zero-order valence-electron chi connectivity index (χ0n) is 24.6. The lowest BCUT2D eigenvalue weighted by molar-refractivity contribution is 1.18. The lowest BCUT2D eigenvalue weighted by Gasteiger charge is -2.13. The predicted octanol–water partition coefficient (Wildman–Crippen LogP) is 11.5. The fraction of sp³-hybridized carbons (Fsp3) is 0. The van der Waals surface area contributed by atoms with Crippen molar-refractivity contribution in [2.45, 2.75) is 0 Å². The Morgan fingerprint density at radius 1 is 0.400 bits per heavy atom. The minimum Gasteiger partial charge on any atom is -0.309 e. The second-order valence-corrected chi connectivity index (χ2v) is 11.6. The first kappa shape index (κ1) is 25.5. The third kappa shape index (κ3) is 4.22. The van der Waals surface area contributed by atoms with Crippen LogP contribution in [0.5, 0.6) is 0 Å². The van der Waals surface area contributed by atoms with Crippen LogP contribution in [0.1, 0.15) is 0 Å². The van der Waals surface area contributed by atoms with Crippen LogP contribution < -0.4 is 0 Å². The average molecular weight is 573 g/mol. The van der Waals surface area contributed by atoms with Gasteiger partial charge in [0.1, 0.15) is 0 Å². The fourth-order valence-corrected chi connectivity index (χ4v) is 6.87. The van der Waals surface area contributed by atoms with Crippen molar-refractivity contribution < 1.29 is 0 Å². The first-order valence-electron chi connectivity index (χ1n) is 15.4. The third-order valence-corrected chi connectivity index (χ3v) is 9.03. The number of fused-ring (bicyclic) bond motifs is 6. The van der Waals surface area contributed by atoms with Crippen LogP contribution in [0.2, 0.25) is 0 Å². The van der Waals surface area contributed by atoms with Crippen molar-refractivity contribution in [1.82, 2.24) is 9.55 Å². The quantitative estimate of drug-likeness (QED) is 0.205. The zero-order valence-corrected chi connectivity index (χ0v) is 24.6. The highest BCUT2D eigenvalue weighted by Gasteiger charge is 2.18. The molecule has 0 saturated carbocycles. The minimum absolute atomic E-state index is 0.982. The smallest absolute Gasteiger partial charge is 0.0701 e. The molecular formula is C43H28N2. The fourth-order valence-electron chi connectivity index (χ4n) is 6.87. The van der Waals surface area contributed by atoms with Gasteiger partial charge < -0.3 is 4.57 Å². The molecule has 0 N–H and O–H groups in total. The van der Waals surface area contributed by atoms with Crippen LogP contribution in [0.15, 0.2) is 170 Å². The molecule has 0 aliphatic carbocycles. The zero-order chi connectivity index (χ0) is 29.7. The van der Waals surface area contributed by atoms with E-state index in [0.29, 0.717) is 0 Å². The number of nitrogens with zero attached hydrogens (tertiary/aromatic N) is 2. The SMILES string of the molecule is c1ccc(-n2c3cc(-c4ccc5ccccc5c4)ccc3c3c4ccccc4c(-c4ccc(-c5ccccn5)cc4)cc32)cc1. The largest absolute Gasteiger partial charge is 0.309 e. The van der Waals surface area contributed by atoms with Gasteiger partial charge in [0.05, 0.1) is 16.7 Å². The Balaban J connectivity index is 1.32. The molecule has 0 unspecified atom stereocenters. The van der Waals surface area contributed by atoms with Gasteiger partial charge in [-0.1, -0.05) is 121 Å². The summed E-state index contributed by atoms with van der Waals surface area (Å²) in [6.07, 6.45) is 1.85. The summed E-state index contributed by atoms with van der Waals surface area (Å²) in [7, 11) is 0. The summed E-state index contributed by atoms with van der Waals surface area (Å²) >= 11 is 0. The molecule has 0 bridgehead atoms. The van der Waals surface area contributed by atoms with Crippen molar-refractivity contribution >= 4 is 43.4 Å². The van der Waals surface area contributed by atoms with Crippen LogP contribution in [0, 0.1) is 0 Å². The second kappa shape index (κ2) is 10.3. The first-order chi connectivity index (χ1) is 22.3. The van der Waals surface area contributed by atoms with Gasteiger partial charge in [-0.25, -0.2) is 0 Å². The number of para-hydroxylation sites is 1. The van der Waals surface area contributed by atoms with Gasteiger partial charge in [-0.05, 0) is 86.3 Å². The molecule has 2 aromatic heterocycles. The summed E-state index contributed by atoms with van der Waals surface area (Å²) in [5.41, 5.74) is 10.5. The maximum Gasteiger partial charge on any atom is 0.0701 e. The van der Waals surface area contributed by atoms with Crippen LogP contribution in [0.4, 0.5) is 0 Å². The molecule has 0 atom stereocenters. The Kier molecular flexibility index (Phi) is 5.85. The number of rotatable bonds is 4. The summed E-state index contributed by atoms with van der Waals surface area (Å²) in [5, 5.41) is 7.56. The molecule has 9 rings (SSSR count).